The van der Waals surface area contributed by atoms with E-state index in [0.29, 0.717) is 7.92 Å². The second kappa shape index (κ2) is 4.95. The number of hydrogen-bond acceptors (Lipinski definition) is 0. The molecule has 0 rings (SSSR count). The van der Waals surface area contributed by atoms with Crippen molar-refractivity contribution in [1.82, 2.24) is 0 Å². The Morgan fingerprint density at radius 2 is 1.00 bits per heavy atom. The topological polar surface area (TPSA) is 0 Å². The molecule has 0 amide bonds. The standard InChI is InChI=1S/C3H9P.Se/c1-4(2)3;/h1-3H3;. The van der Waals surface area contributed by atoms with Crippen molar-refractivity contribution in [3.8, 4) is 0 Å². The van der Waals surface area contributed by atoms with Crippen LogP contribution in [-0.2, 0) is 0 Å². The van der Waals surface area contributed by atoms with Gasteiger partial charge in [0.25, 0.3) is 0 Å². The Hall–Kier alpha value is 0.949. The van der Waals surface area contributed by atoms with Gasteiger partial charge in [0.1, 0.15) is 0 Å². The Labute approximate surface area is 45.6 Å². The van der Waals surface area contributed by atoms with Gasteiger partial charge >= 0.3 is 0 Å². The Morgan fingerprint density at radius 1 is 1.00 bits per heavy atom. The van der Waals surface area contributed by atoms with Gasteiger partial charge < -0.3 is 0 Å². The molecular formula is C3H9PSe. The van der Waals surface area contributed by atoms with E-state index in [1.807, 2.05) is 0 Å². The predicted octanol–water partition coefficient (Wildman–Crippen LogP) is 0.977. The summed E-state index contributed by atoms with van der Waals surface area (Å²) in [5.41, 5.74) is 0. The van der Waals surface area contributed by atoms with E-state index in [-0.39, 0.29) is 17.1 Å². The minimum atomic E-state index is 0. The average Bonchev–Trinajstić information content (AvgIpc) is 0.811. The molecule has 0 aromatic heterocycles. The van der Waals surface area contributed by atoms with Gasteiger partial charge in [-0.25, -0.2) is 0 Å². The second-order valence-corrected chi connectivity index (χ2v) is 4.02. The van der Waals surface area contributed by atoms with E-state index < -0.39 is 0 Å². The zero-order chi connectivity index (χ0) is 3.58. The molecule has 0 aromatic carbocycles. The van der Waals surface area contributed by atoms with E-state index in [0.717, 1.165) is 0 Å². The van der Waals surface area contributed by atoms with E-state index in [1.54, 1.807) is 0 Å². The summed E-state index contributed by atoms with van der Waals surface area (Å²) in [6.07, 6.45) is 0. The third-order valence-electron chi connectivity index (χ3n) is 0. The summed E-state index contributed by atoms with van der Waals surface area (Å²) in [5, 5.41) is 0. The summed E-state index contributed by atoms with van der Waals surface area (Å²) in [7, 11) is 0.380. The molecule has 2 radical (unpaired) electrons. The third kappa shape index (κ3) is 47.8. The molecule has 0 spiro atoms. The van der Waals surface area contributed by atoms with Gasteiger partial charge in [0.15, 0.2) is 0 Å². The summed E-state index contributed by atoms with van der Waals surface area (Å²) < 4.78 is 0. The molecular weight excluding hydrogens is 146 g/mol. The number of hydrogen-bond donors (Lipinski definition) is 0. The van der Waals surface area contributed by atoms with E-state index in [4.69, 9.17) is 0 Å². The minimum absolute atomic E-state index is 0. The van der Waals surface area contributed by atoms with Crippen LogP contribution in [0.5, 0.6) is 0 Å². The van der Waals surface area contributed by atoms with Gasteiger partial charge in [-0.1, -0.05) is 0 Å². The second-order valence-electron chi connectivity index (χ2n) is 1.34. The van der Waals surface area contributed by atoms with Crippen LogP contribution in [0.25, 0.3) is 0 Å². The van der Waals surface area contributed by atoms with E-state index in [9.17, 15) is 0 Å². The first kappa shape index (κ1) is 9.34. The van der Waals surface area contributed by atoms with Crippen molar-refractivity contribution in [2.75, 3.05) is 20.0 Å². The van der Waals surface area contributed by atoms with Crippen LogP contribution < -0.4 is 0 Å². The predicted molar refractivity (Wildman–Crippen MR) is 30.4 cm³/mol. The van der Waals surface area contributed by atoms with E-state index in [2.05, 4.69) is 20.0 Å². The molecule has 0 N–H and O–H groups in total. The third-order valence-corrected chi connectivity index (χ3v) is 0. The van der Waals surface area contributed by atoms with Gasteiger partial charge in [-0.05, 0) is 20.0 Å². The van der Waals surface area contributed by atoms with Crippen LogP contribution in [0.1, 0.15) is 0 Å². The van der Waals surface area contributed by atoms with Gasteiger partial charge in [0.05, 0.1) is 0 Å². The molecule has 0 fully saturated rings. The summed E-state index contributed by atoms with van der Waals surface area (Å²) in [6.45, 7) is 6.69. The van der Waals surface area contributed by atoms with Gasteiger partial charge in [0.2, 0.25) is 0 Å². The van der Waals surface area contributed by atoms with Crippen LogP contribution in [0, 0.1) is 0 Å². The van der Waals surface area contributed by atoms with Crippen LogP contribution in [0.2, 0.25) is 0 Å². The summed E-state index contributed by atoms with van der Waals surface area (Å²) in [5.74, 6) is 0. The zero-order valence-electron chi connectivity index (χ0n) is 3.86. The molecule has 32 valence electrons. The first-order valence-electron chi connectivity index (χ1n) is 1.34. The van der Waals surface area contributed by atoms with Gasteiger partial charge in [-0.15, -0.1) is 7.92 Å². The largest absolute Gasteiger partial charge is 0.116 e. The first-order chi connectivity index (χ1) is 1.73. The molecule has 0 aromatic rings. The Balaban J connectivity index is 0. The molecule has 0 aliphatic heterocycles. The molecule has 0 saturated carbocycles. The summed E-state index contributed by atoms with van der Waals surface area (Å²) >= 11 is 0. The fraction of sp³-hybridized carbons (Fsp3) is 1.00. The minimum Gasteiger partial charge on any atom is -0.116 e. The van der Waals surface area contributed by atoms with Crippen molar-refractivity contribution in [2.45, 2.75) is 0 Å². The van der Waals surface area contributed by atoms with Gasteiger partial charge in [-0.3, -0.25) is 0 Å². The molecule has 0 bridgehead atoms. The van der Waals surface area contributed by atoms with Crippen molar-refractivity contribution in [3.63, 3.8) is 0 Å². The Morgan fingerprint density at radius 3 is 1.00 bits per heavy atom. The molecule has 2 heteroatoms. The summed E-state index contributed by atoms with van der Waals surface area (Å²) in [6, 6.07) is 0. The normalized spacial score (nSPS) is 7.20. The number of rotatable bonds is 0. The zero-order valence-corrected chi connectivity index (χ0v) is 6.46. The molecule has 0 saturated heterocycles. The molecule has 0 aliphatic carbocycles. The van der Waals surface area contributed by atoms with Gasteiger partial charge in [-0.2, -0.15) is 0 Å². The molecule has 0 heterocycles. The molecule has 0 atom stereocenters. The van der Waals surface area contributed by atoms with Crippen molar-refractivity contribution in [2.24, 2.45) is 0 Å². The smallest absolute Gasteiger partial charge is 0 e. The van der Waals surface area contributed by atoms with Crippen LogP contribution >= 0.6 is 7.92 Å². The van der Waals surface area contributed by atoms with Crippen molar-refractivity contribution in [3.05, 3.63) is 0 Å². The monoisotopic (exact) mass is 156 g/mol. The quantitative estimate of drug-likeness (QED) is 0.361. The van der Waals surface area contributed by atoms with Crippen LogP contribution in [0.15, 0.2) is 0 Å². The maximum Gasteiger partial charge on any atom is 0 e. The fourth-order valence-electron chi connectivity index (χ4n) is 0. The van der Waals surface area contributed by atoms with Crippen LogP contribution in [0.3, 0.4) is 0 Å². The fourth-order valence-corrected chi connectivity index (χ4v) is 0. The van der Waals surface area contributed by atoms with Crippen molar-refractivity contribution >= 4 is 25.0 Å². The Bertz CT molecular complexity index is 11.6. The Kier molecular flexibility index (Phi) is 9.25. The maximum atomic E-state index is 2.23. The molecule has 0 nitrogen and oxygen atoms in total. The van der Waals surface area contributed by atoms with Gasteiger partial charge in [0, 0.05) is 17.1 Å². The van der Waals surface area contributed by atoms with E-state index >= 15 is 0 Å². The van der Waals surface area contributed by atoms with Crippen molar-refractivity contribution < 1.29 is 0 Å². The van der Waals surface area contributed by atoms with Crippen LogP contribution in [0.4, 0.5) is 0 Å². The average molecular weight is 155 g/mol. The van der Waals surface area contributed by atoms with Crippen LogP contribution in [-0.4, -0.2) is 37.1 Å². The SMILES string of the molecule is CP(C)C.[Se]. The molecule has 5 heavy (non-hydrogen) atoms. The maximum absolute atomic E-state index is 2.23. The molecule has 0 aliphatic rings. The first-order valence-corrected chi connectivity index (χ1v) is 4.02. The molecule has 0 unspecified atom stereocenters. The van der Waals surface area contributed by atoms with Crippen molar-refractivity contribution in [1.29, 1.82) is 0 Å². The summed E-state index contributed by atoms with van der Waals surface area (Å²) in [4.78, 5) is 0. The van der Waals surface area contributed by atoms with E-state index in [1.165, 1.54) is 0 Å².